The monoisotopic (exact) mass is 435 g/mol. The minimum Gasteiger partial charge on any atom is -0.465 e. The molecule has 0 radical (unpaired) electrons. The number of aromatic nitrogens is 1. The first-order valence-electron chi connectivity index (χ1n) is 7.88. The van der Waals surface area contributed by atoms with Crippen molar-refractivity contribution in [3.05, 3.63) is 73.9 Å². The molecule has 0 saturated heterocycles. The molecule has 2 aromatic carbocycles. The van der Waals surface area contributed by atoms with Gasteiger partial charge in [0.15, 0.2) is 5.13 Å². The summed E-state index contributed by atoms with van der Waals surface area (Å²) in [5.41, 5.74) is 0.339. The van der Waals surface area contributed by atoms with Gasteiger partial charge in [-0.1, -0.05) is 11.6 Å². The van der Waals surface area contributed by atoms with Crippen molar-refractivity contribution < 1.29 is 23.6 Å². The zero-order chi connectivity index (χ0) is 21.1. The highest BCUT2D eigenvalue weighted by molar-refractivity contribution is 7.14. The first-order chi connectivity index (χ1) is 13.8. The standard InChI is InChI=1S/C18H11ClFN3O5S/c1-28-17(25)11-4-10(5-12(6-11)23(26)27)16(24)22-18-21-15(8-29-18)9-2-3-14(20)13(19)7-9/h2-8H,1H3,(H,21,22,24). The number of carbonyl (C=O) groups excluding carboxylic acids is 2. The lowest BCUT2D eigenvalue weighted by Crippen LogP contribution is -2.13. The molecule has 1 aromatic heterocycles. The van der Waals surface area contributed by atoms with Crippen molar-refractivity contribution in [2.45, 2.75) is 0 Å². The Morgan fingerprint density at radius 2 is 1.97 bits per heavy atom. The van der Waals surface area contributed by atoms with E-state index in [2.05, 4.69) is 15.0 Å². The van der Waals surface area contributed by atoms with Gasteiger partial charge < -0.3 is 4.74 Å². The van der Waals surface area contributed by atoms with E-state index in [-0.39, 0.29) is 21.3 Å². The number of non-ortho nitro benzene ring substituents is 1. The first-order valence-corrected chi connectivity index (χ1v) is 9.14. The van der Waals surface area contributed by atoms with Crippen LogP contribution in [0.5, 0.6) is 0 Å². The van der Waals surface area contributed by atoms with Crippen LogP contribution in [0.2, 0.25) is 5.02 Å². The molecule has 8 nitrogen and oxygen atoms in total. The number of nitrogens with one attached hydrogen (secondary N) is 1. The Labute approximate surface area is 172 Å². The third-order valence-corrected chi connectivity index (χ3v) is 4.80. The van der Waals surface area contributed by atoms with Crippen LogP contribution in [0.25, 0.3) is 11.3 Å². The number of hydrogen-bond donors (Lipinski definition) is 1. The van der Waals surface area contributed by atoms with Crippen LogP contribution >= 0.6 is 22.9 Å². The number of nitro groups is 1. The lowest BCUT2D eigenvalue weighted by atomic mass is 10.1. The molecule has 0 aliphatic heterocycles. The van der Waals surface area contributed by atoms with Crippen molar-refractivity contribution in [3.8, 4) is 11.3 Å². The van der Waals surface area contributed by atoms with Crippen LogP contribution in [0.4, 0.5) is 15.2 Å². The van der Waals surface area contributed by atoms with Crippen molar-refractivity contribution in [3.63, 3.8) is 0 Å². The average Bonchev–Trinajstić information content (AvgIpc) is 3.17. The summed E-state index contributed by atoms with van der Waals surface area (Å²) < 4.78 is 17.8. The summed E-state index contributed by atoms with van der Waals surface area (Å²) in [6, 6.07) is 7.33. The van der Waals surface area contributed by atoms with Crippen molar-refractivity contribution in [2.75, 3.05) is 12.4 Å². The number of methoxy groups -OCH3 is 1. The van der Waals surface area contributed by atoms with Crippen LogP contribution < -0.4 is 5.32 Å². The Bertz CT molecular complexity index is 1130. The van der Waals surface area contributed by atoms with E-state index in [9.17, 15) is 24.1 Å². The van der Waals surface area contributed by atoms with E-state index in [1.165, 1.54) is 24.3 Å². The van der Waals surface area contributed by atoms with Gasteiger partial charge in [0, 0.05) is 28.6 Å². The number of amides is 1. The molecule has 0 saturated carbocycles. The molecule has 1 amide bonds. The summed E-state index contributed by atoms with van der Waals surface area (Å²) in [6.07, 6.45) is 0. The topological polar surface area (TPSA) is 111 Å². The van der Waals surface area contributed by atoms with Gasteiger partial charge in [0.2, 0.25) is 0 Å². The summed E-state index contributed by atoms with van der Waals surface area (Å²) in [7, 11) is 1.12. The van der Waals surface area contributed by atoms with Gasteiger partial charge in [0.1, 0.15) is 5.82 Å². The lowest BCUT2D eigenvalue weighted by molar-refractivity contribution is -0.384. The number of ether oxygens (including phenoxy) is 1. The molecule has 11 heteroatoms. The number of thiazole rings is 1. The highest BCUT2D eigenvalue weighted by Crippen LogP contribution is 2.28. The number of benzene rings is 2. The van der Waals surface area contributed by atoms with Gasteiger partial charge in [-0.2, -0.15) is 0 Å². The normalized spacial score (nSPS) is 10.4. The molecule has 0 fully saturated rings. The molecule has 1 heterocycles. The predicted molar refractivity (Wildman–Crippen MR) is 105 cm³/mol. The smallest absolute Gasteiger partial charge is 0.338 e. The maximum atomic E-state index is 13.3. The Hall–Kier alpha value is -3.37. The van der Waals surface area contributed by atoms with Crippen molar-refractivity contribution in [1.29, 1.82) is 0 Å². The predicted octanol–water partition coefficient (Wildman–Crippen LogP) is 4.55. The average molecular weight is 436 g/mol. The van der Waals surface area contributed by atoms with Crippen LogP contribution in [-0.2, 0) is 4.74 Å². The van der Waals surface area contributed by atoms with Gasteiger partial charge in [-0.05, 0) is 24.3 Å². The molecule has 3 aromatic rings. The zero-order valence-electron chi connectivity index (χ0n) is 14.6. The summed E-state index contributed by atoms with van der Waals surface area (Å²) in [5.74, 6) is -2.07. The molecule has 0 aliphatic rings. The van der Waals surface area contributed by atoms with E-state index >= 15 is 0 Å². The molecule has 1 N–H and O–H groups in total. The number of nitro benzene ring substituents is 1. The second-order valence-electron chi connectivity index (χ2n) is 5.64. The summed E-state index contributed by atoms with van der Waals surface area (Å²) in [6.45, 7) is 0. The van der Waals surface area contributed by atoms with Crippen molar-refractivity contribution in [1.82, 2.24) is 4.98 Å². The second kappa shape index (κ2) is 8.33. The Balaban J connectivity index is 1.86. The van der Waals surface area contributed by atoms with E-state index in [4.69, 9.17) is 11.6 Å². The number of rotatable bonds is 5. The van der Waals surface area contributed by atoms with Gasteiger partial charge in [0.25, 0.3) is 11.6 Å². The van der Waals surface area contributed by atoms with Crippen LogP contribution in [0, 0.1) is 15.9 Å². The zero-order valence-corrected chi connectivity index (χ0v) is 16.2. The van der Waals surface area contributed by atoms with E-state index in [0.29, 0.717) is 11.3 Å². The molecule has 29 heavy (non-hydrogen) atoms. The molecule has 0 aliphatic carbocycles. The molecule has 0 bridgehead atoms. The summed E-state index contributed by atoms with van der Waals surface area (Å²) >= 11 is 6.86. The van der Waals surface area contributed by atoms with Crippen LogP contribution in [0.15, 0.2) is 41.8 Å². The third-order valence-electron chi connectivity index (χ3n) is 3.75. The largest absolute Gasteiger partial charge is 0.465 e. The van der Waals surface area contributed by atoms with E-state index in [1.807, 2.05) is 0 Å². The van der Waals surface area contributed by atoms with E-state index in [0.717, 1.165) is 30.6 Å². The number of anilines is 1. The van der Waals surface area contributed by atoms with Gasteiger partial charge in [0.05, 0.1) is 28.3 Å². The van der Waals surface area contributed by atoms with Gasteiger partial charge in [-0.3, -0.25) is 20.2 Å². The Morgan fingerprint density at radius 1 is 1.24 bits per heavy atom. The fraction of sp³-hybridized carbons (Fsp3) is 0.0556. The number of carbonyl (C=O) groups is 2. The van der Waals surface area contributed by atoms with Crippen LogP contribution in [0.1, 0.15) is 20.7 Å². The summed E-state index contributed by atoms with van der Waals surface area (Å²) in [5, 5.41) is 15.4. The fourth-order valence-corrected chi connectivity index (χ4v) is 3.27. The molecule has 0 spiro atoms. The van der Waals surface area contributed by atoms with Gasteiger partial charge in [-0.15, -0.1) is 11.3 Å². The number of nitrogens with zero attached hydrogens (tertiary/aromatic N) is 2. The third kappa shape index (κ3) is 4.55. The maximum Gasteiger partial charge on any atom is 0.338 e. The fourth-order valence-electron chi connectivity index (χ4n) is 2.37. The highest BCUT2D eigenvalue weighted by Gasteiger charge is 2.19. The Kier molecular flexibility index (Phi) is 5.85. The quantitative estimate of drug-likeness (QED) is 0.357. The minimum atomic E-state index is -0.813. The molecule has 3 rings (SSSR count). The second-order valence-corrected chi connectivity index (χ2v) is 6.90. The molecule has 0 unspecified atom stereocenters. The maximum absolute atomic E-state index is 13.3. The number of esters is 1. The number of hydrogen-bond acceptors (Lipinski definition) is 7. The summed E-state index contributed by atoms with van der Waals surface area (Å²) in [4.78, 5) is 38.8. The highest BCUT2D eigenvalue weighted by atomic mass is 35.5. The van der Waals surface area contributed by atoms with E-state index in [1.54, 1.807) is 5.38 Å². The molecule has 148 valence electrons. The number of halogens is 2. The molecule has 0 atom stereocenters. The van der Waals surface area contributed by atoms with Crippen molar-refractivity contribution in [2.24, 2.45) is 0 Å². The minimum absolute atomic E-state index is 0.0620. The molecular formula is C18H11ClFN3O5S. The van der Waals surface area contributed by atoms with Crippen molar-refractivity contribution >= 4 is 45.6 Å². The first kappa shape index (κ1) is 20.4. The molecular weight excluding hydrogens is 425 g/mol. The van der Waals surface area contributed by atoms with Crippen LogP contribution in [0.3, 0.4) is 0 Å². The Morgan fingerprint density at radius 3 is 2.62 bits per heavy atom. The van der Waals surface area contributed by atoms with E-state index < -0.39 is 28.3 Å². The van der Waals surface area contributed by atoms with Crippen LogP contribution in [-0.4, -0.2) is 28.9 Å². The van der Waals surface area contributed by atoms with Gasteiger partial charge >= 0.3 is 5.97 Å². The van der Waals surface area contributed by atoms with Gasteiger partial charge in [-0.25, -0.2) is 14.2 Å². The lowest BCUT2D eigenvalue weighted by Gasteiger charge is -2.05. The SMILES string of the molecule is COC(=O)c1cc(C(=O)Nc2nc(-c3ccc(F)c(Cl)c3)cs2)cc([N+](=O)[O-])c1.